The quantitative estimate of drug-likeness (QED) is 0.366. The molecular weight excluding hydrogens is 380 g/mol. The lowest BCUT2D eigenvalue weighted by Crippen LogP contribution is -2.13. The third kappa shape index (κ3) is 5.33. The number of methoxy groups -OCH3 is 1. The van der Waals surface area contributed by atoms with Crippen molar-refractivity contribution in [3.8, 4) is 17.6 Å². The molecule has 3 aromatic rings. The van der Waals surface area contributed by atoms with Gasteiger partial charge in [-0.15, -0.1) is 0 Å². The Balaban J connectivity index is 1.73. The van der Waals surface area contributed by atoms with Crippen LogP contribution in [0.1, 0.15) is 15.9 Å². The van der Waals surface area contributed by atoms with Crippen LogP contribution in [0.15, 0.2) is 84.4 Å². The topological polar surface area (TPSA) is 88.4 Å². The Kier molecular flexibility index (Phi) is 6.59. The Morgan fingerprint density at radius 2 is 1.63 bits per heavy atom. The number of esters is 1. The highest BCUT2D eigenvalue weighted by molar-refractivity contribution is 6.09. The number of carbonyl (C=O) groups excluding carboxylic acids is 2. The van der Waals surface area contributed by atoms with Gasteiger partial charge in [-0.25, -0.2) is 4.79 Å². The highest BCUT2D eigenvalue weighted by Gasteiger charge is 2.11. The second kappa shape index (κ2) is 9.71. The maximum atomic E-state index is 12.5. The number of nitrogens with one attached hydrogen (secondary N) is 1. The van der Waals surface area contributed by atoms with Gasteiger partial charge in [-0.3, -0.25) is 4.79 Å². The van der Waals surface area contributed by atoms with Crippen molar-refractivity contribution in [1.82, 2.24) is 0 Å². The SMILES string of the molecule is COC(=O)c1ccc(NC(=O)/C(C#N)=C\c2cccc(Oc3ccccc3)c2)cc1. The van der Waals surface area contributed by atoms with Gasteiger partial charge < -0.3 is 14.8 Å². The molecule has 6 heteroatoms. The first kappa shape index (κ1) is 20.4. The third-order valence-corrected chi connectivity index (χ3v) is 4.08. The second-order valence-electron chi connectivity index (χ2n) is 6.18. The summed E-state index contributed by atoms with van der Waals surface area (Å²) < 4.78 is 10.4. The normalized spacial score (nSPS) is 10.6. The molecule has 148 valence electrons. The summed E-state index contributed by atoms with van der Waals surface area (Å²) in [6.45, 7) is 0. The number of anilines is 1. The molecule has 0 aliphatic carbocycles. The van der Waals surface area contributed by atoms with Gasteiger partial charge in [0.2, 0.25) is 0 Å². The van der Waals surface area contributed by atoms with E-state index >= 15 is 0 Å². The summed E-state index contributed by atoms with van der Waals surface area (Å²) in [4.78, 5) is 23.9. The maximum Gasteiger partial charge on any atom is 0.337 e. The van der Waals surface area contributed by atoms with E-state index in [0.29, 0.717) is 28.3 Å². The molecule has 1 N–H and O–H groups in total. The molecule has 0 saturated heterocycles. The summed E-state index contributed by atoms with van der Waals surface area (Å²) in [6.07, 6.45) is 1.48. The van der Waals surface area contributed by atoms with E-state index in [1.807, 2.05) is 36.4 Å². The highest BCUT2D eigenvalue weighted by atomic mass is 16.5. The first-order valence-corrected chi connectivity index (χ1v) is 9.03. The lowest BCUT2D eigenvalue weighted by Gasteiger charge is -2.07. The minimum Gasteiger partial charge on any atom is -0.465 e. The molecule has 30 heavy (non-hydrogen) atoms. The lowest BCUT2D eigenvalue weighted by molar-refractivity contribution is -0.112. The number of hydrogen-bond donors (Lipinski definition) is 1. The van der Waals surface area contributed by atoms with Crippen LogP contribution in [0.25, 0.3) is 6.08 Å². The Labute approximate surface area is 174 Å². The first-order chi connectivity index (χ1) is 14.6. The third-order valence-electron chi connectivity index (χ3n) is 4.08. The van der Waals surface area contributed by atoms with E-state index in [4.69, 9.17) is 4.74 Å². The zero-order valence-electron chi connectivity index (χ0n) is 16.2. The van der Waals surface area contributed by atoms with Gasteiger partial charge in [0, 0.05) is 5.69 Å². The standard InChI is InChI=1S/C24H18N2O4/c1-29-24(28)18-10-12-20(13-11-18)26-23(27)19(16-25)14-17-6-5-9-22(15-17)30-21-7-3-2-4-8-21/h2-15H,1H3,(H,26,27)/b19-14-. The molecule has 0 aliphatic heterocycles. The van der Waals surface area contributed by atoms with Crippen LogP contribution in [-0.2, 0) is 9.53 Å². The van der Waals surface area contributed by atoms with Gasteiger partial charge in [0.05, 0.1) is 12.7 Å². The molecule has 0 atom stereocenters. The van der Waals surface area contributed by atoms with Gasteiger partial charge in [-0.05, 0) is 60.2 Å². The number of para-hydroxylation sites is 1. The van der Waals surface area contributed by atoms with Crippen molar-refractivity contribution >= 4 is 23.6 Å². The van der Waals surface area contributed by atoms with E-state index in [9.17, 15) is 14.9 Å². The van der Waals surface area contributed by atoms with Crippen LogP contribution in [-0.4, -0.2) is 19.0 Å². The van der Waals surface area contributed by atoms with Crippen molar-refractivity contribution in [2.24, 2.45) is 0 Å². The highest BCUT2D eigenvalue weighted by Crippen LogP contribution is 2.23. The second-order valence-corrected chi connectivity index (χ2v) is 6.18. The van der Waals surface area contributed by atoms with Gasteiger partial charge in [-0.1, -0.05) is 30.3 Å². The summed E-state index contributed by atoms with van der Waals surface area (Å²) in [6, 6.07) is 24.5. The molecule has 3 rings (SSSR count). The van der Waals surface area contributed by atoms with Crippen LogP contribution in [0.4, 0.5) is 5.69 Å². The van der Waals surface area contributed by atoms with Crippen LogP contribution in [0.3, 0.4) is 0 Å². The predicted molar refractivity (Wildman–Crippen MR) is 113 cm³/mol. The molecule has 0 bridgehead atoms. The van der Waals surface area contributed by atoms with E-state index in [0.717, 1.165) is 0 Å². The van der Waals surface area contributed by atoms with E-state index in [-0.39, 0.29) is 5.57 Å². The summed E-state index contributed by atoms with van der Waals surface area (Å²) in [5.41, 5.74) is 1.40. The van der Waals surface area contributed by atoms with Crippen LogP contribution in [0.5, 0.6) is 11.5 Å². The fraction of sp³-hybridized carbons (Fsp3) is 0.0417. The van der Waals surface area contributed by atoms with Crippen LogP contribution < -0.4 is 10.1 Å². The monoisotopic (exact) mass is 398 g/mol. The molecule has 0 aliphatic rings. The van der Waals surface area contributed by atoms with E-state index in [2.05, 4.69) is 10.1 Å². The molecule has 0 saturated carbocycles. The summed E-state index contributed by atoms with van der Waals surface area (Å²) in [5, 5.41) is 12.1. The van der Waals surface area contributed by atoms with Gasteiger partial charge in [0.1, 0.15) is 23.1 Å². The van der Waals surface area contributed by atoms with Crippen molar-refractivity contribution in [1.29, 1.82) is 5.26 Å². The number of rotatable bonds is 6. The molecule has 6 nitrogen and oxygen atoms in total. The van der Waals surface area contributed by atoms with E-state index in [1.165, 1.54) is 25.3 Å². The Morgan fingerprint density at radius 1 is 0.933 bits per heavy atom. The molecule has 0 spiro atoms. The average Bonchev–Trinajstić information content (AvgIpc) is 2.78. The van der Waals surface area contributed by atoms with Gasteiger partial charge >= 0.3 is 5.97 Å². The first-order valence-electron chi connectivity index (χ1n) is 9.03. The maximum absolute atomic E-state index is 12.5. The summed E-state index contributed by atoms with van der Waals surface area (Å²) in [5.74, 6) is 0.249. The predicted octanol–water partition coefficient (Wildman–Crippen LogP) is 4.81. The summed E-state index contributed by atoms with van der Waals surface area (Å²) in [7, 11) is 1.29. The van der Waals surface area contributed by atoms with E-state index in [1.54, 1.807) is 36.4 Å². The molecule has 0 fully saturated rings. The van der Waals surface area contributed by atoms with Crippen molar-refractivity contribution in [2.75, 3.05) is 12.4 Å². The molecular formula is C24H18N2O4. The molecule has 3 aromatic carbocycles. The smallest absolute Gasteiger partial charge is 0.337 e. The van der Waals surface area contributed by atoms with Crippen molar-refractivity contribution in [3.63, 3.8) is 0 Å². The summed E-state index contributed by atoms with van der Waals surface area (Å²) >= 11 is 0. The van der Waals surface area contributed by atoms with Crippen LogP contribution in [0, 0.1) is 11.3 Å². The lowest BCUT2D eigenvalue weighted by atomic mass is 10.1. The fourth-order valence-electron chi connectivity index (χ4n) is 2.61. The number of carbonyl (C=O) groups is 2. The van der Waals surface area contributed by atoms with Crippen molar-refractivity contribution in [2.45, 2.75) is 0 Å². The molecule has 0 heterocycles. The van der Waals surface area contributed by atoms with E-state index < -0.39 is 11.9 Å². The Bertz CT molecular complexity index is 1110. The van der Waals surface area contributed by atoms with Crippen LogP contribution in [0.2, 0.25) is 0 Å². The van der Waals surface area contributed by atoms with Gasteiger partial charge in [0.25, 0.3) is 5.91 Å². The Morgan fingerprint density at radius 3 is 2.30 bits per heavy atom. The van der Waals surface area contributed by atoms with Crippen molar-refractivity contribution < 1.29 is 19.1 Å². The van der Waals surface area contributed by atoms with Crippen LogP contribution >= 0.6 is 0 Å². The molecule has 0 radical (unpaired) electrons. The molecule has 1 amide bonds. The average molecular weight is 398 g/mol. The van der Waals surface area contributed by atoms with Gasteiger partial charge in [-0.2, -0.15) is 5.26 Å². The van der Waals surface area contributed by atoms with Gasteiger partial charge in [0.15, 0.2) is 0 Å². The Hall–Kier alpha value is -4.37. The number of hydrogen-bond acceptors (Lipinski definition) is 5. The fourth-order valence-corrected chi connectivity index (χ4v) is 2.61. The number of nitrogens with zero attached hydrogens (tertiary/aromatic N) is 1. The number of amides is 1. The zero-order valence-corrected chi connectivity index (χ0v) is 16.2. The molecule has 0 unspecified atom stereocenters. The number of ether oxygens (including phenoxy) is 2. The number of benzene rings is 3. The minimum atomic E-state index is -0.558. The molecule has 0 aromatic heterocycles. The van der Waals surface area contributed by atoms with Crippen molar-refractivity contribution in [3.05, 3.63) is 95.6 Å². The largest absolute Gasteiger partial charge is 0.465 e. The zero-order chi connectivity index (χ0) is 21.3. The number of nitriles is 1. The minimum absolute atomic E-state index is 0.0658.